The molecule has 1 heterocycles. The van der Waals surface area contributed by atoms with Crippen molar-refractivity contribution in [3.63, 3.8) is 0 Å². The van der Waals surface area contributed by atoms with Crippen molar-refractivity contribution < 1.29 is 14.7 Å². The second kappa shape index (κ2) is 4.55. The summed E-state index contributed by atoms with van der Waals surface area (Å²) in [7, 11) is 0. The van der Waals surface area contributed by atoms with Gasteiger partial charge in [-0.2, -0.15) is 4.98 Å². The van der Waals surface area contributed by atoms with Crippen molar-refractivity contribution in [2.24, 2.45) is 5.73 Å². The maximum absolute atomic E-state index is 9.43. The molecular weight excluding hydrogens is 246 g/mol. The van der Waals surface area contributed by atoms with Crippen molar-refractivity contribution in [2.75, 3.05) is 0 Å². The van der Waals surface area contributed by atoms with E-state index in [-0.39, 0.29) is 11.5 Å². The van der Waals surface area contributed by atoms with Crippen molar-refractivity contribution >= 4 is 0 Å². The molecule has 0 aliphatic heterocycles. The van der Waals surface area contributed by atoms with Crippen LogP contribution in [0, 0.1) is 0 Å². The molecule has 1 fully saturated rings. The molecule has 1 aliphatic carbocycles. The third kappa shape index (κ3) is 2.53. The van der Waals surface area contributed by atoms with Gasteiger partial charge in [0.2, 0.25) is 5.89 Å². The zero-order chi connectivity index (χ0) is 13.4. The van der Waals surface area contributed by atoms with Gasteiger partial charge >= 0.3 is 0 Å². The minimum Gasteiger partial charge on any atom is -0.504 e. The second-order valence-electron chi connectivity index (χ2n) is 4.90. The lowest BCUT2D eigenvalue weighted by Crippen LogP contribution is -2.13. The summed E-state index contributed by atoms with van der Waals surface area (Å²) in [5.74, 6) is 1.27. The number of hydrogen-bond donors (Lipinski definition) is 3. The highest BCUT2D eigenvalue weighted by Crippen LogP contribution is 2.38. The fourth-order valence-electron chi connectivity index (χ4n) is 1.94. The van der Waals surface area contributed by atoms with Crippen LogP contribution in [0.15, 0.2) is 22.7 Å². The molecule has 19 heavy (non-hydrogen) atoms. The van der Waals surface area contributed by atoms with Crippen molar-refractivity contribution in [3.8, 4) is 11.5 Å². The van der Waals surface area contributed by atoms with Crippen molar-refractivity contribution in [1.82, 2.24) is 10.1 Å². The third-order valence-electron chi connectivity index (χ3n) is 3.21. The number of aromatic hydroxyl groups is 2. The molecule has 0 bridgehead atoms. The van der Waals surface area contributed by atoms with Gasteiger partial charge in [-0.3, -0.25) is 0 Å². The largest absolute Gasteiger partial charge is 0.504 e. The van der Waals surface area contributed by atoms with E-state index in [2.05, 4.69) is 10.1 Å². The molecule has 0 spiro atoms. The number of hydrogen-bond acceptors (Lipinski definition) is 6. The third-order valence-corrected chi connectivity index (χ3v) is 3.21. The predicted molar refractivity (Wildman–Crippen MR) is 66.7 cm³/mol. The van der Waals surface area contributed by atoms with Crippen molar-refractivity contribution in [1.29, 1.82) is 0 Å². The first-order chi connectivity index (χ1) is 9.13. The molecule has 100 valence electrons. The molecule has 3 rings (SSSR count). The van der Waals surface area contributed by atoms with E-state index < -0.39 is 6.04 Å². The first kappa shape index (κ1) is 12.0. The van der Waals surface area contributed by atoms with E-state index in [0.717, 1.165) is 24.2 Å². The van der Waals surface area contributed by atoms with Gasteiger partial charge in [-0.15, -0.1) is 0 Å². The quantitative estimate of drug-likeness (QED) is 0.722. The highest BCUT2D eigenvalue weighted by atomic mass is 16.5. The van der Waals surface area contributed by atoms with Gasteiger partial charge in [-0.25, -0.2) is 0 Å². The molecule has 1 saturated carbocycles. The standard InChI is InChI=1S/C13H15N3O3/c14-9(5-7-1-4-10(17)11(18)6-7)13-15-12(16-19-13)8-2-3-8/h1,4,6,8-9,17-18H,2-3,5,14H2. The Morgan fingerprint density at radius 1 is 1.32 bits per heavy atom. The number of phenolic OH excluding ortho intramolecular Hbond substituents is 2. The van der Waals surface area contributed by atoms with Gasteiger partial charge in [0.1, 0.15) is 0 Å². The van der Waals surface area contributed by atoms with Gasteiger partial charge in [-0.05, 0) is 37.0 Å². The SMILES string of the molecule is NC(Cc1ccc(O)c(O)c1)c1nc(C2CC2)no1. The van der Waals surface area contributed by atoms with Crippen LogP contribution in [0.3, 0.4) is 0 Å². The van der Waals surface area contributed by atoms with E-state index in [1.807, 2.05) is 0 Å². The summed E-state index contributed by atoms with van der Waals surface area (Å²) in [5, 5.41) is 22.6. The van der Waals surface area contributed by atoms with E-state index in [9.17, 15) is 10.2 Å². The van der Waals surface area contributed by atoms with E-state index in [4.69, 9.17) is 10.3 Å². The predicted octanol–water partition coefficient (Wildman–Crippen LogP) is 1.60. The lowest BCUT2D eigenvalue weighted by atomic mass is 10.1. The van der Waals surface area contributed by atoms with Crippen LogP contribution in [-0.4, -0.2) is 20.4 Å². The monoisotopic (exact) mass is 261 g/mol. The molecule has 6 nitrogen and oxygen atoms in total. The zero-order valence-corrected chi connectivity index (χ0v) is 10.3. The Morgan fingerprint density at radius 3 is 2.79 bits per heavy atom. The molecule has 1 aromatic heterocycles. The topological polar surface area (TPSA) is 105 Å². The first-order valence-corrected chi connectivity index (χ1v) is 6.23. The summed E-state index contributed by atoms with van der Waals surface area (Å²) < 4.78 is 5.16. The number of rotatable bonds is 4. The maximum atomic E-state index is 9.43. The summed E-state index contributed by atoms with van der Waals surface area (Å²) in [6, 6.07) is 4.20. The Hall–Kier alpha value is -2.08. The molecule has 1 atom stereocenters. The Morgan fingerprint density at radius 2 is 2.11 bits per heavy atom. The second-order valence-corrected chi connectivity index (χ2v) is 4.90. The van der Waals surface area contributed by atoms with Crippen LogP contribution in [0.1, 0.15) is 42.1 Å². The van der Waals surface area contributed by atoms with Gasteiger partial charge in [0, 0.05) is 5.92 Å². The van der Waals surface area contributed by atoms with Gasteiger partial charge in [0.15, 0.2) is 17.3 Å². The molecule has 1 aliphatic rings. The minimum absolute atomic E-state index is 0.147. The minimum atomic E-state index is -0.413. The average Bonchev–Trinajstić information content (AvgIpc) is 3.11. The van der Waals surface area contributed by atoms with Crippen LogP contribution in [-0.2, 0) is 6.42 Å². The Balaban J connectivity index is 1.72. The smallest absolute Gasteiger partial charge is 0.243 e. The summed E-state index contributed by atoms with van der Waals surface area (Å²) in [6.07, 6.45) is 2.68. The first-order valence-electron chi connectivity index (χ1n) is 6.23. The summed E-state index contributed by atoms with van der Waals surface area (Å²) in [5.41, 5.74) is 6.81. The van der Waals surface area contributed by atoms with Gasteiger partial charge < -0.3 is 20.5 Å². The zero-order valence-electron chi connectivity index (χ0n) is 10.3. The fourth-order valence-corrected chi connectivity index (χ4v) is 1.94. The molecule has 0 saturated heterocycles. The van der Waals surface area contributed by atoms with Gasteiger partial charge in [0.25, 0.3) is 0 Å². The molecular formula is C13H15N3O3. The Bertz CT molecular complexity index is 593. The summed E-state index contributed by atoms with van der Waals surface area (Å²) in [4.78, 5) is 4.29. The number of nitrogens with two attached hydrogens (primary N) is 1. The number of phenols is 2. The van der Waals surface area contributed by atoms with Crippen molar-refractivity contribution in [3.05, 3.63) is 35.5 Å². The highest BCUT2D eigenvalue weighted by Gasteiger charge is 2.29. The van der Waals surface area contributed by atoms with Crippen LogP contribution < -0.4 is 5.73 Å². The molecule has 1 unspecified atom stereocenters. The van der Waals surface area contributed by atoms with Crippen LogP contribution >= 0.6 is 0 Å². The lowest BCUT2D eigenvalue weighted by Gasteiger charge is -2.07. The van der Waals surface area contributed by atoms with Gasteiger partial charge in [-0.1, -0.05) is 11.2 Å². The molecule has 0 radical (unpaired) electrons. The van der Waals surface area contributed by atoms with E-state index in [1.54, 1.807) is 6.07 Å². The summed E-state index contributed by atoms with van der Waals surface area (Å²) >= 11 is 0. The van der Waals surface area contributed by atoms with E-state index in [0.29, 0.717) is 18.2 Å². The van der Waals surface area contributed by atoms with Crippen LogP contribution in [0.2, 0.25) is 0 Å². The number of aromatic nitrogens is 2. The normalized spacial score (nSPS) is 16.5. The maximum Gasteiger partial charge on any atom is 0.243 e. The van der Waals surface area contributed by atoms with E-state index in [1.165, 1.54) is 12.1 Å². The summed E-state index contributed by atoms with van der Waals surface area (Å²) in [6.45, 7) is 0. The molecule has 4 N–H and O–H groups in total. The molecule has 2 aromatic rings. The van der Waals surface area contributed by atoms with Crippen molar-refractivity contribution in [2.45, 2.75) is 31.2 Å². The fraction of sp³-hybridized carbons (Fsp3) is 0.385. The van der Waals surface area contributed by atoms with Crippen LogP contribution in [0.5, 0.6) is 11.5 Å². The molecule has 0 amide bonds. The number of benzene rings is 1. The Kier molecular flexibility index (Phi) is 2.87. The molecule has 6 heteroatoms. The number of nitrogens with zero attached hydrogens (tertiary/aromatic N) is 2. The van der Waals surface area contributed by atoms with E-state index >= 15 is 0 Å². The van der Waals surface area contributed by atoms with Gasteiger partial charge in [0.05, 0.1) is 6.04 Å². The van der Waals surface area contributed by atoms with Crippen LogP contribution in [0.4, 0.5) is 0 Å². The molecule has 1 aromatic carbocycles. The average molecular weight is 261 g/mol. The lowest BCUT2D eigenvalue weighted by molar-refractivity contribution is 0.350. The Labute approximate surface area is 109 Å². The highest BCUT2D eigenvalue weighted by molar-refractivity contribution is 5.40. The van der Waals surface area contributed by atoms with Crippen LogP contribution in [0.25, 0.3) is 0 Å².